The molecule has 0 saturated heterocycles. The summed E-state index contributed by atoms with van der Waals surface area (Å²) in [5.74, 6) is 0.516. The van der Waals surface area contributed by atoms with E-state index in [2.05, 4.69) is 121 Å². The molecule has 66 heavy (non-hydrogen) atoms. The monoisotopic (exact) mass is 958 g/mol. The Balaban J connectivity index is 0.000000152. The van der Waals surface area contributed by atoms with Gasteiger partial charge < -0.3 is 27.5 Å². The van der Waals surface area contributed by atoms with E-state index in [9.17, 15) is 26.6 Å². The van der Waals surface area contributed by atoms with E-state index < -0.39 is 18.1 Å². The molecule has 0 bridgehead atoms. The smallest absolute Gasteiger partial charge is 0.418 e. The standard InChI is InChI=1S/C27H23OS2.C15H16O.C12H8OS2.BF4/c28-19-18-23(20-8-2-1-3-9-20)21-14-16-22(17-15-21)30-26-12-6-4-10-24(26)29-25-11-5-7-13-27(25)30;16-12-11-15(13-7-3-1-4-8-13)14-9-5-2-6-10-14;13-15-11-7-3-1-5-9(11)14-10-6-2-4-8-12(10)15;2-1(3,4)5/h1-17,23,28H,18-19H2;1-10,15-16H,11-12H2;1-8H;/q+1;;;-1. The zero-order valence-corrected chi connectivity index (χ0v) is 39.0. The van der Waals surface area contributed by atoms with Gasteiger partial charge >= 0.3 is 7.25 Å². The molecule has 2 N–H and O–H groups in total. The minimum atomic E-state index is -6.00. The molecule has 1 atom stereocenters. The van der Waals surface area contributed by atoms with Gasteiger partial charge in [-0.3, -0.25) is 0 Å². The van der Waals surface area contributed by atoms with Crippen LogP contribution in [0.25, 0.3) is 0 Å². The topological polar surface area (TPSA) is 57.5 Å². The van der Waals surface area contributed by atoms with E-state index in [1.54, 1.807) is 11.8 Å². The molecule has 2 aliphatic heterocycles. The molecular weight excluding hydrogens is 912 g/mol. The van der Waals surface area contributed by atoms with Gasteiger partial charge in [-0.25, -0.2) is 4.21 Å². The van der Waals surface area contributed by atoms with Gasteiger partial charge in [0.05, 0.1) is 30.4 Å². The number of fused-ring (bicyclic) bond motifs is 4. The van der Waals surface area contributed by atoms with Crippen molar-refractivity contribution >= 4 is 52.5 Å². The van der Waals surface area contributed by atoms with E-state index in [0.717, 1.165) is 32.4 Å². The highest BCUT2D eigenvalue weighted by Gasteiger charge is 2.37. The van der Waals surface area contributed by atoms with Gasteiger partial charge in [0, 0.05) is 34.8 Å². The maximum atomic E-state index is 12.2. The van der Waals surface area contributed by atoms with Crippen molar-refractivity contribution in [3.8, 4) is 0 Å². The molecule has 0 aromatic heterocycles. The first-order valence-corrected chi connectivity index (χ1v) is 25.4. The third kappa shape index (κ3) is 13.0. The molecule has 1 unspecified atom stereocenters. The average molecular weight is 959 g/mol. The van der Waals surface area contributed by atoms with E-state index in [1.165, 1.54) is 46.7 Å². The Morgan fingerprint density at radius 1 is 0.424 bits per heavy atom. The number of rotatable bonds is 9. The summed E-state index contributed by atoms with van der Waals surface area (Å²) in [6.45, 7) is 0.401. The van der Waals surface area contributed by atoms with Crippen LogP contribution in [0.15, 0.2) is 256 Å². The number of aliphatic hydroxyl groups is 2. The lowest BCUT2D eigenvalue weighted by Crippen LogP contribution is -2.11. The van der Waals surface area contributed by atoms with Crippen LogP contribution in [-0.2, 0) is 21.7 Å². The summed E-state index contributed by atoms with van der Waals surface area (Å²) in [5, 5.41) is 18.8. The second kappa shape index (κ2) is 23.9. The van der Waals surface area contributed by atoms with Crippen molar-refractivity contribution in [2.24, 2.45) is 0 Å². The number of aliphatic hydroxyl groups excluding tert-OH is 2. The Bertz CT molecular complexity index is 2640. The van der Waals surface area contributed by atoms with Crippen LogP contribution in [0.2, 0.25) is 0 Å². The Labute approximate surface area is 398 Å². The predicted molar refractivity (Wildman–Crippen MR) is 264 cm³/mol. The Kier molecular flexibility index (Phi) is 17.6. The molecule has 10 rings (SSSR count). The molecule has 12 heteroatoms. The van der Waals surface area contributed by atoms with Gasteiger partial charge in [0.25, 0.3) is 0 Å². The SMILES string of the molecule is F[B-](F)(F)F.O=S1c2ccccc2Sc2ccccc21.OCCC(c1ccccc1)c1ccc([S+]2c3ccccc3Sc3ccccc32)cc1.OCCC(c1ccccc1)c1ccccc1. The highest BCUT2D eigenvalue weighted by atomic mass is 32.2. The molecule has 336 valence electrons. The minimum Gasteiger partial charge on any atom is -0.418 e. The Morgan fingerprint density at radius 2 is 0.727 bits per heavy atom. The molecule has 0 fully saturated rings. The number of halogens is 4. The van der Waals surface area contributed by atoms with Gasteiger partial charge in [-0.2, -0.15) is 0 Å². The third-order valence-electron chi connectivity index (χ3n) is 10.6. The van der Waals surface area contributed by atoms with Crippen molar-refractivity contribution < 1.29 is 31.7 Å². The molecule has 8 aromatic carbocycles. The molecule has 0 amide bonds. The van der Waals surface area contributed by atoms with E-state index in [4.69, 9.17) is 5.11 Å². The molecule has 2 heterocycles. The summed E-state index contributed by atoms with van der Waals surface area (Å²) in [7, 11) is -7.11. The average Bonchev–Trinajstić information content (AvgIpc) is 3.35. The van der Waals surface area contributed by atoms with E-state index >= 15 is 0 Å². The van der Waals surface area contributed by atoms with E-state index in [-0.39, 0.29) is 30.0 Å². The molecule has 0 radical (unpaired) electrons. The van der Waals surface area contributed by atoms with Crippen molar-refractivity contribution in [1.29, 1.82) is 0 Å². The van der Waals surface area contributed by atoms with Gasteiger partial charge in [0.2, 0.25) is 0 Å². The van der Waals surface area contributed by atoms with Crippen LogP contribution in [0.5, 0.6) is 0 Å². The van der Waals surface area contributed by atoms with Crippen LogP contribution in [0.3, 0.4) is 0 Å². The second-order valence-corrected chi connectivity index (χ2v) is 20.5. The first-order valence-electron chi connectivity index (χ1n) is 21.3. The largest absolute Gasteiger partial charge is 0.673 e. The summed E-state index contributed by atoms with van der Waals surface area (Å²) in [5.41, 5.74) is 5.05. The maximum Gasteiger partial charge on any atom is 0.673 e. The zero-order chi connectivity index (χ0) is 46.3. The van der Waals surface area contributed by atoms with Crippen molar-refractivity contribution in [2.45, 2.75) is 68.7 Å². The first-order chi connectivity index (χ1) is 32.1. The minimum absolute atomic E-state index is 0.0979. The fourth-order valence-electron chi connectivity index (χ4n) is 7.71. The van der Waals surface area contributed by atoms with Gasteiger partial charge in [-0.1, -0.05) is 175 Å². The third-order valence-corrected chi connectivity index (χ3v) is 17.3. The summed E-state index contributed by atoms with van der Waals surface area (Å²) in [6.07, 6.45) is 1.51. The lowest BCUT2D eigenvalue weighted by atomic mass is 9.89. The van der Waals surface area contributed by atoms with Crippen molar-refractivity contribution in [2.75, 3.05) is 13.2 Å². The van der Waals surface area contributed by atoms with Gasteiger partial charge in [0.15, 0.2) is 14.7 Å². The maximum absolute atomic E-state index is 12.2. The zero-order valence-electron chi connectivity index (χ0n) is 35.7. The van der Waals surface area contributed by atoms with E-state index in [1.807, 2.05) is 103 Å². The summed E-state index contributed by atoms with van der Waals surface area (Å²) in [6, 6.07) is 73.6. The van der Waals surface area contributed by atoms with Crippen LogP contribution in [0.4, 0.5) is 17.3 Å². The lowest BCUT2D eigenvalue weighted by Gasteiger charge is -2.20. The molecular formula is C54H47BF4O3S4. The van der Waals surface area contributed by atoms with Crippen LogP contribution in [0, 0.1) is 0 Å². The quantitative estimate of drug-likeness (QED) is 0.0858. The van der Waals surface area contributed by atoms with Crippen LogP contribution in [0.1, 0.15) is 46.9 Å². The van der Waals surface area contributed by atoms with Crippen molar-refractivity contribution in [3.63, 3.8) is 0 Å². The van der Waals surface area contributed by atoms with Gasteiger partial charge in [0.1, 0.15) is 10.9 Å². The number of benzene rings is 8. The van der Waals surface area contributed by atoms with Crippen LogP contribution >= 0.6 is 23.5 Å². The van der Waals surface area contributed by atoms with E-state index in [0.29, 0.717) is 5.92 Å². The van der Waals surface area contributed by atoms with Gasteiger partial charge in [-0.05, 0) is 95.8 Å². The molecule has 0 aliphatic carbocycles. The summed E-state index contributed by atoms with van der Waals surface area (Å²) < 4.78 is 51.2. The first kappa shape index (κ1) is 48.6. The second-order valence-electron chi connectivity index (χ2n) is 15.0. The molecule has 0 spiro atoms. The highest BCUT2D eigenvalue weighted by molar-refractivity contribution is 8.04. The normalized spacial score (nSPS) is 13.1. The molecule has 0 saturated carbocycles. The fraction of sp³-hybridized carbons (Fsp3) is 0.111. The summed E-state index contributed by atoms with van der Waals surface area (Å²) >= 11 is 3.57. The highest BCUT2D eigenvalue weighted by Crippen LogP contribution is 2.48. The fourth-order valence-corrected chi connectivity index (χ4v) is 14.2. The predicted octanol–water partition coefficient (Wildman–Crippen LogP) is 14.6. The van der Waals surface area contributed by atoms with Crippen molar-refractivity contribution in [1.82, 2.24) is 0 Å². The Hall–Kier alpha value is -5.34. The Morgan fingerprint density at radius 3 is 1.11 bits per heavy atom. The molecule has 2 aliphatic rings. The van der Waals surface area contributed by atoms with Crippen molar-refractivity contribution in [3.05, 3.63) is 235 Å². The molecule has 3 nitrogen and oxygen atoms in total. The lowest BCUT2D eigenvalue weighted by molar-refractivity contribution is 0.281. The van der Waals surface area contributed by atoms with Crippen LogP contribution in [-0.4, -0.2) is 34.9 Å². The number of hydrogen-bond acceptors (Lipinski definition) is 5. The number of hydrogen-bond donors (Lipinski definition) is 2. The summed E-state index contributed by atoms with van der Waals surface area (Å²) in [4.78, 5) is 10.9. The van der Waals surface area contributed by atoms with Crippen LogP contribution < -0.4 is 0 Å². The molecule has 8 aromatic rings. The van der Waals surface area contributed by atoms with Gasteiger partial charge in [-0.15, -0.1) is 0 Å².